The first-order chi connectivity index (χ1) is 9.81. The van der Waals surface area contributed by atoms with Crippen LogP contribution in [0, 0.1) is 0 Å². The molecule has 2 aromatic heterocycles. The van der Waals surface area contributed by atoms with Crippen molar-refractivity contribution >= 4 is 38.6 Å². The summed E-state index contributed by atoms with van der Waals surface area (Å²) >= 11 is 7.29. The summed E-state index contributed by atoms with van der Waals surface area (Å²) in [4.78, 5) is 6.63. The molecule has 3 rings (SSSR count). The Kier molecular flexibility index (Phi) is 5.29. The molecule has 0 bridgehead atoms. The quantitative estimate of drug-likeness (QED) is 0.792. The molecule has 3 heterocycles. The lowest BCUT2D eigenvalue weighted by Crippen LogP contribution is -2.30. The number of nitrogens with zero attached hydrogens (tertiary/aromatic N) is 2. The fraction of sp³-hybridized carbons (Fsp3) is 0.467. The molecule has 1 saturated heterocycles. The van der Waals surface area contributed by atoms with Crippen LogP contribution < -0.4 is 0 Å². The third-order valence-electron chi connectivity index (χ3n) is 3.73. The average molecular weight is 371 g/mol. The second-order valence-corrected chi connectivity index (χ2v) is 7.86. The highest BCUT2D eigenvalue weighted by atomic mass is 79.9. The molecule has 1 fully saturated rings. The molecule has 0 spiro atoms. The Morgan fingerprint density at radius 3 is 2.45 bits per heavy atom. The molecule has 0 amide bonds. The van der Waals surface area contributed by atoms with Crippen molar-refractivity contribution in [1.82, 2.24) is 9.80 Å². The number of halogens is 1. The molecule has 5 heteroatoms. The minimum atomic E-state index is 1.09. The van der Waals surface area contributed by atoms with Gasteiger partial charge >= 0.3 is 0 Å². The summed E-state index contributed by atoms with van der Waals surface area (Å²) in [6, 6.07) is 4.40. The highest BCUT2D eigenvalue weighted by molar-refractivity contribution is 9.10. The van der Waals surface area contributed by atoms with E-state index in [9.17, 15) is 0 Å². The second kappa shape index (κ2) is 7.18. The maximum absolute atomic E-state index is 3.64. The van der Waals surface area contributed by atoms with Gasteiger partial charge in [0.15, 0.2) is 0 Å². The van der Waals surface area contributed by atoms with Crippen molar-refractivity contribution in [3.63, 3.8) is 0 Å². The van der Waals surface area contributed by atoms with Gasteiger partial charge in [-0.1, -0.05) is 0 Å². The summed E-state index contributed by atoms with van der Waals surface area (Å²) in [6.07, 6.45) is 1.27. The molecule has 0 radical (unpaired) electrons. The number of hydrogen-bond acceptors (Lipinski definition) is 4. The monoisotopic (exact) mass is 370 g/mol. The predicted molar refractivity (Wildman–Crippen MR) is 91.5 cm³/mol. The molecule has 0 aromatic carbocycles. The van der Waals surface area contributed by atoms with Crippen LogP contribution in [-0.4, -0.2) is 36.0 Å². The Balaban J connectivity index is 1.53. The van der Waals surface area contributed by atoms with E-state index in [1.165, 1.54) is 47.5 Å². The van der Waals surface area contributed by atoms with E-state index in [0.717, 1.165) is 13.1 Å². The van der Waals surface area contributed by atoms with E-state index >= 15 is 0 Å². The summed E-state index contributed by atoms with van der Waals surface area (Å²) in [6.45, 7) is 6.99. The van der Waals surface area contributed by atoms with E-state index in [-0.39, 0.29) is 0 Å². The highest BCUT2D eigenvalue weighted by Gasteiger charge is 2.16. The van der Waals surface area contributed by atoms with Gasteiger partial charge in [0.2, 0.25) is 0 Å². The molecular formula is C15H19BrN2S2. The first-order valence-corrected chi connectivity index (χ1v) is 9.60. The molecule has 0 atom stereocenters. The van der Waals surface area contributed by atoms with E-state index in [1.54, 1.807) is 11.3 Å². The van der Waals surface area contributed by atoms with Crippen molar-refractivity contribution in [2.45, 2.75) is 19.5 Å². The van der Waals surface area contributed by atoms with Gasteiger partial charge in [-0.15, -0.1) is 11.3 Å². The summed E-state index contributed by atoms with van der Waals surface area (Å²) < 4.78 is 1.27. The zero-order chi connectivity index (χ0) is 13.8. The second-order valence-electron chi connectivity index (χ2n) is 5.23. The van der Waals surface area contributed by atoms with Gasteiger partial charge in [0.25, 0.3) is 0 Å². The Bertz CT molecular complexity index is 524. The normalized spacial score (nSPS) is 18.2. The Morgan fingerprint density at radius 2 is 1.80 bits per heavy atom. The van der Waals surface area contributed by atoms with Crippen LogP contribution in [0.3, 0.4) is 0 Å². The van der Waals surface area contributed by atoms with E-state index in [2.05, 4.69) is 54.0 Å². The Labute approximate surface area is 137 Å². The van der Waals surface area contributed by atoms with Gasteiger partial charge in [0.1, 0.15) is 0 Å². The van der Waals surface area contributed by atoms with E-state index in [4.69, 9.17) is 0 Å². The third-order valence-corrected chi connectivity index (χ3v) is 6.37. The van der Waals surface area contributed by atoms with Crippen LogP contribution >= 0.6 is 38.6 Å². The number of hydrogen-bond donors (Lipinski definition) is 0. The Morgan fingerprint density at radius 1 is 1.00 bits per heavy atom. The van der Waals surface area contributed by atoms with Crippen molar-refractivity contribution in [3.05, 3.63) is 43.2 Å². The van der Waals surface area contributed by atoms with Crippen LogP contribution in [0.15, 0.2) is 32.7 Å². The highest BCUT2D eigenvalue weighted by Crippen LogP contribution is 2.24. The van der Waals surface area contributed by atoms with Crippen molar-refractivity contribution < 1.29 is 0 Å². The average Bonchev–Trinajstić information content (AvgIpc) is 3.02. The molecule has 2 aromatic rings. The van der Waals surface area contributed by atoms with Crippen LogP contribution in [0.4, 0.5) is 0 Å². The van der Waals surface area contributed by atoms with Gasteiger partial charge < -0.3 is 0 Å². The van der Waals surface area contributed by atoms with Gasteiger partial charge in [0.05, 0.1) is 0 Å². The van der Waals surface area contributed by atoms with Crippen LogP contribution in [0.5, 0.6) is 0 Å². The van der Waals surface area contributed by atoms with E-state index in [0.29, 0.717) is 0 Å². The van der Waals surface area contributed by atoms with Gasteiger partial charge in [0, 0.05) is 35.5 Å². The lowest BCUT2D eigenvalue weighted by atomic mass is 10.3. The lowest BCUT2D eigenvalue weighted by Gasteiger charge is -2.21. The van der Waals surface area contributed by atoms with Gasteiger partial charge in [-0.25, -0.2) is 0 Å². The zero-order valence-corrected chi connectivity index (χ0v) is 14.6. The van der Waals surface area contributed by atoms with Gasteiger partial charge in [-0.05, 0) is 69.3 Å². The lowest BCUT2D eigenvalue weighted by molar-refractivity contribution is 0.248. The molecule has 20 heavy (non-hydrogen) atoms. The van der Waals surface area contributed by atoms with Crippen LogP contribution in [0.1, 0.15) is 16.9 Å². The van der Waals surface area contributed by atoms with Crippen LogP contribution in [0.25, 0.3) is 0 Å². The largest absolute Gasteiger partial charge is 0.298 e. The van der Waals surface area contributed by atoms with Crippen molar-refractivity contribution in [3.8, 4) is 0 Å². The zero-order valence-electron chi connectivity index (χ0n) is 11.4. The van der Waals surface area contributed by atoms with Crippen molar-refractivity contribution in [1.29, 1.82) is 0 Å². The maximum atomic E-state index is 3.64. The topological polar surface area (TPSA) is 6.48 Å². The van der Waals surface area contributed by atoms with E-state index < -0.39 is 0 Å². The summed E-state index contributed by atoms with van der Waals surface area (Å²) in [5, 5.41) is 6.61. The minimum absolute atomic E-state index is 1.09. The SMILES string of the molecule is Brc1ccsc1CN1CCCN(Cc2ccsc2)CC1. The standard InChI is InChI=1S/C15H19BrN2S2/c16-14-3-9-20-15(14)11-18-5-1-4-17(6-7-18)10-13-2-8-19-12-13/h2-3,8-9,12H,1,4-7,10-11H2. The van der Waals surface area contributed by atoms with Gasteiger partial charge in [-0.2, -0.15) is 11.3 Å². The maximum Gasteiger partial charge on any atom is 0.0339 e. The molecule has 108 valence electrons. The molecule has 2 nitrogen and oxygen atoms in total. The third kappa shape index (κ3) is 3.92. The first kappa shape index (κ1) is 14.7. The molecule has 1 aliphatic rings. The molecule has 0 N–H and O–H groups in total. The summed E-state index contributed by atoms with van der Waals surface area (Å²) in [5.41, 5.74) is 1.46. The minimum Gasteiger partial charge on any atom is -0.298 e. The first-order valence-electron chi connectivity index (χ1n) is 6.99. The fourth-order valence-corrected chi connectivity index (χ4v) is 4.80. The summed E-state index contributed by atoms with van der Waals surface area (Å²) in [7, 11) is 0. The molecule has 1 aliphatic heterocycles. The molecule has 0 unspecified atom stereocenters. The Hall–Kier alpha value is -0.200. The van der Waals surface area contributed by atoms with E-state index in [1.807, 2.05) is 11.3 Å². The van der Waals surface area contributed by atoms with Crippen LogP contribution in [0.2, 0.25) is 0 Å². The number of rotatable bonds is 4. The molecule has 0 saturated carbocycles. The summed E-state index contributed by atoms with van der Waals surface area (Å²) in [5.74, 6) is 0. The van der Waals surface area contributed by atoms with Crippen molar-refractivity contribution in [2.75, 3.05) is 26.2 Å². The van der Waals surface area contributed by atoms with Crippen molar-refractivity contribution in [2.24, 2.45) is 0 Å². The number of thiophene rings is 2. The molecule has 0 aliphatic carbocycles. The predicted octanol–water partition coefficient (Wildman–Crippen LogP) is 4.28. The smallest absolute Gasteiger partial charge is 0.0339 e. The molecular weight excluding hydrogens is 352 g/mol. The van der Waals surface area contributed by atoms with Crippen LogP contribution in [-0.2, 0) is 13.1 Å². The fourth-order valence-electron chi connectivity index (χ4n) is 2.62. The van der Waals surface area contributed by atoms with Gasteiger partial charge in [-0.3, -0.25) is 9.80 Å².